The van der Waals surface area contributed by atoms with Crippen LogP contribution in [0.2, 0.25) is 5.02 Å². The lowest BCUT2D eigenvalue weighted by atomic mass is 10.1. The maximum Gasteiger partial charge on any atom is 0.227 e. The first-order valence-corrected chi connectivity index (χ1v) is 8.11. The van der Waals surface area contributed by atoms with Gasteiger partial charge in [0.2, 0.25) is 17.6 Å². The Balaban J connectivity index is 0.00000208. The van der Waals surface area contributed by atoms with E-state index in [1.165, 1.54) is 0 Å². The number of nitrogens with one attached hydrogen (secondary N) is 1. The van der Waals surface area contributed by atoms with Crippen LogP contribution in [0.25, 0.3) is 11.4 Å². The van der Waals surface area contributed by atoms with Gasteiger partial charge in [-0.15, -0.1) is 12.4 Å². The Kier molecular flexibility index (Phi) is 6.60. The Labute approximate surface area is 151 Å². The summed E-state index contributed by atoms with van der Waals surface area (Å²) in [6.07, 6.45) is 3.02. The molecule has 0 aliphatic heterocycles. The zero-order valence-electron chi connectivity index (χ0n) is 13.1. The second-order valence-electron chi connectivity index (χ2n) is 5.77. The van der Waals surface area contributed by atoms with E-state index in [0.29, 0.717) is 42.0 Å². The molecule has 0 radical (unpaired) electrons. The number of carbonyl (C=O) groups is 1. The van der Waals surface area contributed by atoms with E-state index in [0.717, 1.165) is 18.4 Å². The second kappa shape index (κ2) is 8.46. The topological polar surface area (TPSA) is 94.0 Å². The lowest BCUT2D eigenvalue weighted by Crippen LogP contribution is -2.41. The molecule has 1 fully saturated rings. The molecule has 1 aromatic carbocycles. The zero-order valence-corrected chi connectivity index (χ0v) is 14.6. The highest BCUT2D eigenvalue weighted by Gasteiger charge is 2.31. The summed E-state index contributed by atoms with van der Waals surface area (Å²) in [4.78, 5) is 16.3. The molecular formula is C16H20Cl2N4O2. The van der Waals surface area contributed by atoms with Crippen molar-refractivity contribution in [2.24, 2.45) is 11.7 Å². The van der Waals surface area contributed by atoms with Crippen molar-refractivity contribution in [2.75, 3.05) is 6.54 Å². The minimum Gasteiger partial charge on any atom is -0.352 e. The zero-order chi connectivity index (χ0) is 16.2. The molecule has 24 heavy (non-hydrogen) atoms. The van der Waals surface area contributed by atoms with Crippen LogP contribution in [0.3, 0.4) is 0 Å². The minimum absolute atomic E-state index is 0. The van der Waals surface area contributed by atoms with Crippen molar-refractivity contribution in [3.63, 3.8) is 0 Å². The molecule has 1 atom stereocenters. The second-order valence-corrected chi connectivity index (χ2v) is 6.20. The van der Waals surface area contributed by atoms with Crippen molar-refractivity contribution >= 4 is 29.9 Å². The van der Waals surface area contributed by atoms with Gasteiger partial charge in [-0.3, -0.25) is 4.79 Å². The number of aromatic nitrogens is 2. The Hall–Kier alpha value is -1.63. The van der Waals surface area contributed by atoms with E-state index in [2.05, 4.69) is 15.5 Å². The number of benzene rings is 1. The molecule has 1 aliphatic rings. The summed E-state index contributed by atoms with van der Waals surface area (Å²) in [6.45, 7) is 0.484. The van der Waals surface area contributed by atoms with Gasteiger partial charge < -0.3 is 15.6 Å². The molecule has 3 rings (SSSR count). The smallest absolute Gasteiger partial charge is 0.227 e. The summed E-state index contributed by atoms with van der Waals surface area (Å²) >= 11 is 5.85. The molecule has 0 saturated heterocycles. The fourth-order valence-corrected chi connectivity index (χ4v) is 2.57. The number of nitrogens with two attached hydrogens (primary N) is 1. The maximum atomic E-state index is 12.0. The lowest BCUT2D eigenvalue weighted by Gasteiger charge is -2.15. The van der Waals surface area contributed by atoms with Gasteiger partial charge in [-0.2, -0.15) is 4.98 Å². The van der Waals surface area contributed by atoms with Crippen molar-refractivity contribution in [1.29, 1.82) is 0 Å². The first-order chi connectivity index (χ1) is 11.2. The highest BCUT2D eigenvalue weighted by molar-refractivity contribution is 6.30. The number of hydrogen-bond acceptors (Lipinski definition) is 5. The lowest BCUT2D eigenvalue weighted by molar-refractivity contribution is -0.121. The average Bonchev–Trinajstić information content (AvgIpc) is 3.29. The van der Waals surface area contributed by atoms with Gasteiger partial charge in [0.05, 0.1) is 0 Å². The van der Waals surface area contributed by atoms with E-state index in [9.17, 15) is 4.79 Å². The summed E-state index contributed by atoms with van der Waals surface area (Å²) in [5.41, 5.74) is 6.51. The summed E-state index contributed by atoms with van der Waals surface area (Å²) in [6, 6.07) is 7.28. The summed E-state index contributed by atoms with van der Waals surface area (Å²) < 4.78 is 5.19. The number of aryl methyl sites for hydroxylation is 1. The third-order valence-electron chi connectivity index (χ3n) is 3.93. The fraction of sp³-hybridized carbons (Fsp3) is 0.438. The van der Waals surface area contributed by atoms with Crippen LogP contribution in [-0.4, -0.2) is 28.6 Å². The van der Waals surface area contributed by atoms with Gasteiger partial charge in [-0.05, 0) is 43.0 Å². The van der Waals surface area contributed by atoms with Crippen molar-refractivity contribution in [1.82, 2.24) is 15.5 Å². The maximum absolute atomic E-state index is 12.0. The number of amides is 1. The molecule has 2 aromatic rings. The molecule has 8 heteroatoms. The van der Waals surface area contributed by atoms with E-state index < -0.39 is 0 Å². The largest absolute Gasteiger partial charge is 0.352 e. The molecule has 130 valence electrons. The third-order valence-corrected chi connectivity index (χ3v) is 4.18. The fourth-order valence-electron chi connectivity index (χ4n) is 2.44. The number of nitrogens with zero attached hydrogens (tertiary/aromatic N) is 2. The van der Waals surface area contributed by atoms with Gasteiger partial charge in [-0.1, -0.05) is 16.8 Å². The van der Waals surface area contributed by atoms with Crippen LogP contribution in [0.1, 0.15) is 25.2 Å². The summed E-state index contributed by atoms with van der Waals surface area (Å²) in [5, 5.41) is 7.56. The normalized spacial score (nSPS) is 14.8. The quantitative estimate of drug-likeness (QED) is 0.780. The molecule has 1 heterocycles. The Morgan fingerprint density at radius 3 is 2.71 bits per heavy atom. The Morgan fingerprint density at radius 1 is 1.38 bits per heavy atom. The van der Waals surface area contributed by atoms with E-state index >= 15 is 0 Å². The van der Waals surface area contributed by atoms with Crippen LogP contribution < -0.4 is 11.1 Å². The first kappa shape index (κ1) is 18.7. The molecular weight excluding hydrogens is 351 g/mol. The first-order valence-electron chi connectivity index (χ1n) is 7.73. The molecule has 1 saturated carbocycles. The van der Waals surface area contributed by atoms with Crippen molar-refractivity contribution < 1.29 is 9.32 Å². The van der Waals surface area contributed by atoms with Crippen LogP contribution in [0.5, 0.6) is 0 Å². The predicted octanol–water partition coefficient (Wildman–Crippen LogP) is 2.60. The van der Waals surface area contributed by atoms with Crippen molar-refractivity contribution in [2.45, 2.75) is 31.7 Å². The van der Waals surface area contributed by atoms with Crippen molar-refractivity contribution in [3.8, 4) is 11.4 Å². The van der Waals surface area contributed by atoms with Crippen molar-refractivity contribution in [3.05, 3.63) is 35.2 Å². The molecule has 0 spiro atoms. The molecule has 6 nitrogen and oxygen atoms in total. The average molecular weight is 371 g/mol. The number of carbonyl (C=O) groups excluding carboxylic acids is 1. The van der Waals surface area contributed by atoms with Crippen LogP contribution in [0, 0.1) is 5.92 Å². The van der Waals surface area contributed by atoms with Crippen LogP contribution in [0.15, 0.2) is 28.8 Å². The third kappa shape index (κ3) is 4.93. The van der Waals surface area contributed by atoms with Gasteiger partial charge in [0.15, 0.2) is 0 Å². The van der Waals surface area contributed by atoms with Gasteiger partial charge in [0.25, 0.3) is 0 Å². The van der Waals surface area contributed by atoms with Gasteiger partial charge in [0, 0.05) is 36.0 Å². The van der Waals surface area contributed by atoms with Gasteiger partial charge >= 0.3 is 0 Å². The predicted molar refractivity (Wildman–Crippen MR) is 94.0 cm³/mol. The Morgan fingerprint density at radius 2 is 2.08 bits per heavy atom. The highest BCUT2D eigenvalue weighted by atomic mass is 35.5. The molecule has 1 aromatic heterocycles. The van der Waals surface area contributed by atoms with Gasteiger partial charge in [-0.25, -0.2) is 0 Å². The van der Waals surface area contributed by atoms with E-state index in [1.807, 2.05) is 12.1 Å². The number of halogens is 2. The Bertz CT molecular complexity index is 671. The summed E-state index contributed by atoms with van der Waals surface area (Å²) in [7, 11) is 0. The molecule has 1 amide bonds. The molecule has 1 aliphatic carbocycles. The van der Waals surface area contributed by atoms with Gasteiger partial charge in [0.1, 0.15) is 0 Å². The van der Waals surface area contributed by atoms with E-state index in [4.69, 9.17) is 21.9 Å². The number of rotatable bonds is 7. The molecule has 0 bridgehead atoms. The standard InChI is InChI=1S/C16H19ClN4O2.ClH/c17-12-5-3-11(4-6-12)16-20-15(23-21-16)8-7-14(22)19-13(9-18)10-1-2-10;/h3-6,10,13H,1-2,7-9,18H2,(H,19,22);1H. The van der Waals surface area contributed by atoms with Crippen LogP contribution >= 0.6 is 24.0 Å². The monoisotopic (exact) mass is 370 g/mol. The van der Waals surface area contributed by atoms with E-state index in [1.54, 1.807) is 12.1 Å². The number of hydrogen-bond donors (Lipinski definition) is 2. The molecule has 3 N–H and O–H groups in total. The van der Waals surface area contributed by atoms with Crippen LogP contribution in [0.4, 0.5) is 0 Å². The molecule has 1 unspecified atom stereocenters. The minimum atomic E-state index is -0.0291. The van der Waals surface area contributed by atoms with Crippen LogP contribution in [-0.2, 0) is 11.2 Å². The summed E-state index contributed by atoms with van der Waals surface area (Å²) in [5.74, 6) is 1.46. The van der Waals surface area contributed by atoms with E-state index in [-0.39, 0.29) is 24.4 Å². The SMILES string of the molecule is Cl.NCC(NC(=O)CCc1nc(-c2ccc(Cl)cc2)no1)C1CC1. The highest BCUT2D eigenvalue weighted by Crippen LogP contribution is 2.32.